The van der Waals surface area contributed by atoms with Crippen molar-refractivity contribution in [2.75, 3.05) is 6.54 Å². The fourth-order valence-corrected chi connectivity index (χ4v) is 5.05. The number of benzene rings is 1. The molecule has 1 aliphatic carbocycles. The number of hydrogen-bond acceptors (Lipinski definition) is 4. The van der Waals surface area contributed by atoms with Crippen LogP contribution in [0.15, 0.2) is 43.0 Å². The molecule has 4 rings (SSSR count). The van der Waals surface area contributed by atoms with Gasteiger partial charge in [0.1, 0.15) is 12.1 Å². The van der Waals surface area contributed by atoms with Crippen molar-refractivity contribution < 1.29 is 14.4 Å². The van der Waals surface area contributed by atoms with Crippen molar-refractivity contribution in [3.8, 4) is 5.69 Å². The van der Waals surface area contributed by atoms with Crippen LogP contribution in [-0.4, -0.2) is 44.4 Å². The monoisotopic (exact) mass is 451 g/mol. The Morgan fingerprint density at radius 2 is 1.97 bits per heavy atom. The highest BCUT2D eigenvalue weighted by Crippen LogP contribution is 2.45. The van der Waals surface area contributed by atoms with Crippen LogP contribution in [0, 0.1) is 11.3 Å². The minimum atomic E-state index is -0.855. The lowest BCUT2D eigenvalue weighted by Crippen LogP contribution is -2.51. The maximum atomic E-state index is 13.2. The topological polar surface area (TPSA) is 96.3 Å². The third-order valence-corrected chi connectivity index (χ3v) is 7.65. The van der Waals surface area contributed by atoms with E-state index in [4.69, 9.17) is 0 Å². The summed E-state index contributed by atoms with van der Waals surface area (Å²) in [6, 6.07) is 7.22. The van der Waals surface area contributed by atoms with E-state index in [1.54, 1.807) is 12.5 Å². The highest BCUT2D eigenvalue weighted by Gasteiger charge is 2.53. The van der Waals surface area contributed by atoms with Crippen LogP contribution >= 0.6 is 0 Å². The minimum absolute atomic E-state index is 0.222. The van der Waals surface area contributed by atoms with E-state index in [1.807, 2.05) is 35.0 Å². The Morgan fingerprint density at radius 1 is 1.24 bits per heavy atom. The smallest absolute Gasteiger partial charge is 0.325 e. The van der Waals surface area contributed by atoms with Gasteiger partial charge in [0, 0.05) is 18.9 Å². The summed E-state index contributed by atoms with van der Waals surface area (Å²) in [6.07, 6.45) is 9.37. The van der Waals surface area contributed by atoms with Gasteiger partial charge in [0.25, 0.3) is 5.91 Å². The Kier molecular flexibility index (Phi) is 6.28. The quantitative estimate of drug-likeness (QED) is 0.631. The third-order valence-electron chi connectivity index (χ3n) is 7.65. The van der Waals surface area contributed by atoms with E-state index >= 15 is 0 Å². The second kappa shape index (κ2) is 9.00. The number of rotatable bonds is 7. The van der Waals surface area contributed by atoms with Gasteiger partial charge in [-0.2, -0.15) is 0 Å². The summed E-state index contributed by atoms with van der Waals surface area (Å²) in [6.45, 7) is 6.75. The molecule has 0 radical (unpaired) electrons. The lowest BCUT2D eigenvalue weighted by molar-refractivity contribution is -0.136. The molecule has 2 aromatic rings. The molecule has 0 atom stereocenters. The second-order valence-corrected chi connectivity index (χ2v) is 9.90. The SMILES string of the molecule is CCC(C)(C)C1CCC2(CC1)NC(=O)N(CC(=O)NCc1ccccc1-n1ccnc1)C2=O. The maximum Gasteiger partial charge on any atom is 0.325 e. The van der Waals surface area contributed by atoms with E-state index in [0.29, 0.717) is 18.8 Å². The van der Waals surface area contributed by atoms with E-state index in [9.17, 15) is 14.4 Å². The number of nitrogens with zero attached hydrogens (tertiary/aromatic N) is 3. The predicted molar refractivity (Wildman–Crippen MR) is 124 cm³/mol. The van der Waals surface area contributed by atoms with Crippen LogP contribution in [0.3, 0.4) is 0 Å². The van der Waals surface area contributed by atoms with Crippen LogP contribution in [0.1, 0.15) is 58.4 Å². The van der Waals surface area contributed by atoms with Crippen LogP contribution in [0.4, 0.5) is 4.79 Å². The number of urea groups is 1. The molecule has 1 aliphatic heterocycles. The highest BCUT2D eigenvalue weighted by atomic mass is 16.2. The molecule has 1 spiro atoms. The van der Waals surface area contributed by atoms with Gasteiger partial charge in [-0.3, -0.25) is 14.5 Å². The first-order chi connectivity index (χ1) is 15.8. The largest absolute Gasteiger partial charge is 0.350 e. The van der Waals surface area contributed by atoms with Gasteiger partial charge < -0.3 is 15.2 Å². The van der Waals surface area contributed by atoms with Gasteiger partial charge in [0.2, 0.25) is 5.91 Å². The Labute approximate surface area is 194 Å². The molecule has 2 heterocycles. The van der Waals surface area contributed by atoms with Gasteiger partial charge in [-0.05, 0) is 48.6 Å². The first kappa shape index (κ1) is 23.0. The fourth-order valence-electron chi connectivity index (χ4n) is 5.05. The molecular weight excluding hydrogens is 418 g/mol. The number of carbonyl (C=O) groups excluding carboxylic acids is 3. The van der Waals surface area contributed by atoms with Gasteiger partial charge in [-0.15, -0.1) is 0 Å². The van der Waals surface area contributed by atoms with Gasteiger partial charge in [0.15, 0.2) is 0 Å². The number of amides is 4. The molecule has 1 saturated carbocycles. The van der Waals surface area contributed by atoms with Gasteiger partial charge in [-0.25, -0.2) is 9.78 Å². The van der Waals surface area contributed by atoms with Crippen molar-refractivity contribution in [1.82, 2.24) is 25.1 Å². The first-order valence-electron chi connectivity index (χ1n) is 11.7. The van der Waals surface area contributed by atoms with Gasteiger partial charge in [-0.1, -0.05) is 45.4 Å². The zero-order chi connectivity index (χ0) is 23.6. The van der Waals surface area contributed by atoms with E-state index in [0.717, 1.165) is 35.4 Å². The van der Waals surface area contributed by atoms with Crippen molar-refractivity contribution in [1.29, 1.82) is 0 Å². The summed E-state index contributed by atoms with van der Waals surface area (Å²) in [7, 11) is 0. The number of para-hydroxylation sites is 1. The first-order valence-corrected chi connectivity index (χ1v) is 11.7. The Balaban J connectivity index is 1.36. The standard InChI is InChI=1S/C25H33N5O3/c1-4-24(2,3)19-9-11-25(12-10-19)22(32)30(23(33)28-25)16-21(31)27-15-18-7-5-6-8-20(18)29-14-13-26-17-29/h5-8,13-14,17,19H,4,9-12,15-16H2,1-3H3,(H,27,31)(H,28,33). The van der Waals surface area contributed by atoms with Crippen molar-refractivity contribution in [2.24, 2.45) is 11.3 Å². The fraction of sp³-hybridized carbons (Fsp3) is 0.520. The van der Waals surface area contributed by atoms with E-state index < -0.39 is 11.6 Å². The number of hydrogen-bond donors (Lipinski definition) is 2. The number of aromatic nitrogens is 2. The minimum Gasteiger partial charge on any atom is -0.350 e. The lowest BCUT2D eigenvalue weighted by Gasteiger charge is -2.42. The molecule has 2 N–H and O–H groups in total. The van der Waals surface area contributed by atoms with E-state index in [2.05, 4.69) is 36.4 Å². The zero-order valence-electron chi connectivity index (χ0n) is 19.6. The third kappa shape index (κ3) is 4.51. The van der Waals surface area contributed by atoms with Crippen molar-refractivity contribution in [2.45, 2.75) is 65.0 Å². The molecule has 1 aromatic carbocycles. The number of imidazole rings is 1. The molecule has 176 valence electrons. The molecule has 4 amide bonds. The molecule has 33 heavy (non-hydrogen) atoms. The van der Waals surface area contributed by atoms with E-state index in [-0.39, 0.29) is 30.3 Å². The zero-order valence-corrected chi connectivity index (χ0v) is 19.6. The molecule has 8 nitrogen and oxygen atoms in total. The van der Waals surface area contributed by atoms with Crippen molar-refractivity contribution >= 4 is 17.8 Å². The summed E-state index contributed by atoms with van der Waals surface area (Å²) in [5.74, 6) is -0.100. The van der Waals surface area contributed by atoms with Crippen LogP contribution in [-0.2, 0) is 16.1 Å². The van der Waals surface area contributed by atoms with E-state index in [1.165, 1.54) is 0 Å². The number of imide groups is 1. The average molecular weight is 452 g/mol. The van der Waals surface area contributed by atoms with Crippen molar-refractivity contribution in [3.63, 3.8) is 0 Å². The Morgan fingerprint density at radius 3 is 2.64 bits per heavy atom. The molecule has 2 aliphatic rings. The van der Waals surface area contributed by atoms with Crippen LogP contribution < -0.4 is 10.6 Å². The summed E-state index contributed by atoms with van der Waals surface area (Å²) in [5.41, 5.74) is 1.19. The molecule has 0 bridgehead atoms. The lowest BCUT2D eigenvalue weighted by atomic mass is 9.65. The summed E-state index contributed by atoms with van der Waals surface area (Å²) in [4.78, 5) is 43.6. The van der Waals surface area contributed by atoms with Crippen molar-refractivity contribution in [3.05, 3.63) is 48.5 Å². The number of carbonyl (C=O) groups is 3. The Hall–Kier alpha value is -3.16. The predicted octanol–water partition coefficient (Wildman–Crippen LogP) is 3.41. The molecule has 2 fully saturated rings. The molecule has 1 saturated heterocycles. The number of nitrogens with one attached hydrogen (secondary N) is 2. The molecule has 8 heteroatoms. The summed E-state index contributed by atoms with van der Waals surface area (Å²) >= 11 is 0. The van der Waals surface area contributed by atoms with Gasteiger partial charge in [0.05, 0.1) is 12.0 Å². The summed E-state index contributed by atoms with van der Waals surface area (Å²) in [5, 5.41) is 5.76. The van der Waals surface area contributed by atoms with Gasteiger partial charge >= 0.3 is 6.03 Å². The maximum absolute atomic E-state index is 13.2. The van der Waals surface area contributed by atoms with Crippen LogP contribution in [0.5, 0.6) is 0 Å². The average Bonchev–Trinajstić information content (AvgIpc) is 3.42. The Bertz CT molecular complexity index is 1020. The molecule has 0 unspecified atom stereocenters. The van der Waals surface area contributed by atoms with Crippen LogP contribution in [0.2, 0.25) is 0 Å². The highest BCUT2D eigenvalue weighted by molar-refractivity contribution is 6.09. The normalized spacial score (nSPS) is 23.1. The molecule has 1 aromatic heterocycles. The van der Waals surface area contributed by atoms with Crippen LogP contribution in [0.25, 0.3) is 5.69 Å². The summed E-state index contributed by atoms with van der Waals surface area (Å²) < 4.78 is 1.87. The molecular formula is C25H33N5O3. The second-order valence-electron chi connectivity index (χ2n) is 9.90.